The zero-order valence-electron chi connectivity index (χ0n) is 8.71. The van der Waals surface area contributed by atoms with Crippen molar-refractivity contribution in [1.29, 1.82) is 0 Å². The Bertz CT molecular complexity index is 164. The molecule has 1 heteroatoms. The minimum atomic E-state index is 0.361. The first-order valence-electron chi connectivity index (χ1n) is 4.46. The summed E-state index contributed by atoms with van der Waals surface area (Å²) in [6.07, 6.45) is 1.26. The molecule has 0 aromatic heterocycles. The first kappa shape index (κ1) is 9.05. The van der Waals surface area contributed by atoms with Crippen molar-refractivity contribution in [1.82, 2.24) is 5.32 Å². The second kappa shape index (κ2) is 2.01. The molecule has 0 aromatic rings. The van der Waals surface area contributed by atoms with Gasteiger partial charge in [0.15, 0.2) is 0 Å². The fourth-order valence-corrected chi connectivity index (χ4v) is 1.98. The van der Waals surface area contributed by atoms with E-state index < -0.39 is 0 Å². The van der Waals surface area contributed by atoms with E-state index in [1.165, 1.54) is 6.42 Å². The molecule has 1 N–H and O–H groups in total. The van der Waals surface area contributed by atoms with Gasteiger partial charge >= 0.3 is 0 Å². The van der Waals surface area contributed by atoms with Gasteiger partial charge in [-0.05, 0) is 32.6 Å². The second-order valence-electron chi connectivity index (χ2n) is 5.82. The van der Waals surface area contributed by atoms with Crippen molar-refractivity contribution in [3.05, 3.63) is 0 Å². The lowest BCUT2D eigenvalue weighted by molar-refractivity contribution is 0.320. The van der Waals surface area contributed by atoms with Crippen LogP contribution in [0.1, 0.15) is 48.0 Å². The topological polar surface area (TPSA) is 21.9 Å². The molecule has 1 fully saturated rings. The summed E-state index contributed by atoms with van der Waals surface area (Å²) in [7, 11) is 0. The molecule has 0 aliphatic carbocycles. The second-order valence-corrected chi connectivity index (χ2v) is 5.82. The summed E-state index contributed by atoms with van der Waals surface area (Å²) in [6.45, 7) is 13.8. The van der Waals surface area contributed by atoms with Crippen molar-refractivity contribution in [2.75, 3.05) is 0 Å². The number of nitrogens with one attached hydrogen (secondary N) is 1. The molecule has 0 radical (unpaired) electrons. The quantitative estimate of drug-likeness (QED) is 0.577. The Labute approximate surface area is 70.6 Å². The highest BCUT2D eigenvalue weighted by molar-refractivity contribution is 5.20. The largest absolute Gasteiger partial charge is 0.303 e. The molecule has 0 saturated carbocycles. The Morgan fingerprint density at radius 1 is 1.09 bits per heavy atom. The molecule has 1 heterocycles. The van der Waals surface area contributed by atoms with Gasteiger partial charge < -0.3 is 5.32 Å². The van der Waals surface area contributed by atoms with Gasteiger partial charge in [0.2, 0.25) is 0 Å². The van der Waals surface area contributed by atoms with E-state index in [2.05, 4.69) is 46.9 Å². The van der Waals surface area contributed by atoms with E-state index in [4.69, 9.17) is 0 Å². The minimum absolute atomic E-state index is 0.361. The Hall–Kier alpha value is -0.0400. The van der Waals surface area contributed by atoms with Crippen LogP contribution in [0, 0.1) is 5.41 Å². The molecule has 0 amide bonds. The Kier molecular flexibility index (Phi) is 1.65. The summed E-state index contributed by atoms with van der Waals surface area (Å²) in [6, 6.07) is 0. The lowest BCUT2D eigenvalue weighted by atomic mass is 9.80. The van der Waals surface area contributed by atoms with E-state index in [1.54, 1.807) is 0 Å². The molecule has 1 aliphatic rings. The summed E-state index contributed by atoms with van der Waals surface area (Å²) in [4.78, 5) is 0. The van der Waals surface area contributed by atoms with Crippen LogP contribution in [0.4, 0.5) is 0 Å². The van der Waals surface area contributed by atoms with Gasteiger partial charge in [-0.1, -0.05) is 20.8 Å². The summed E-state index contributed by atoms with van der Waals surface area (Å²) < 4.78 is 0. The maximum Gasteiger partial charge on any atom is 0.0340 e. The summed E-state index contributed by atoms with van der Waals surface area (Å²) >= 11 is 0. The average molecular weight is 155 g/mol. The number of rotatable bonds is 1. The third kappa shape index (κ3) is 1.76. The number of hydrogen-bond donors (Lipinski definition) is 1. The van der Waals surface area contributed by atoms with Crippen LogP contribution < -0.4 is 5.32 Å². The fraction of sp³-hybridized carbons (Fsp3) is 1.00. The van der Waals surface area contributed by atoms with Crippen LogP contribution in [0.15, 0.2) is 0 Å². The van der Waals surface area contributed by atoms with Crippen molar-refractivity contribution < 1.29 is 0 Å². The van der Waals surface area contributed by atoms with Crippen molar-refractivity contribution in [2.24, 2.45) is 5.41 Å². The normalized spacial score (nSPS) is 35.5. The number of hydrogen-bond acceptors (Lipinski definition) is 1. The fourth-order valence-electron chi connectivity index (χ4n) is 1.98. The molecule has 1 atom stereocenters. The van der Waals surface area contributed by atoms with Crippen molar-refractivity contribution in [3.63, 3.8) is 0 Å². The van der Waals surface area contributed by atoms with Crippen LogP contribution in [-0.2, 0) is 0 Å². The maximum absolute atomic E-state index is 3.54. The lowest BCUT2D eigenvalue weighted by Gasteiger charge is -2.23. The highest BCUT2D eigenvalue weighted by atomic mass is 15.3. The van der Waals surface area contributed by atoms with Gasteiger partial charge in [0, 0.05) is 11.1 Å². The molecule has 1 rings (SSSR count). The first-order valence-corrected chi connectivity index (χ1v) is 4.46. The Balaban J connectivity index is 2.54. The minimum Gasteiger partial charge on any atom is -0.303 e. The molecule has 0 bridgehead atoms. The Morgan fingerprint density at radius 3 is 1.55 bits per heavy atom. The molecule has 1 nitrogen and oxygen atoms in total. The van der Waals surface area contributed by atoms with Crippen molar-refractivity contribution >= 4 is 0 Å². The van der Waals surface area contributed by atoms with E-state index >= 15 is 0 Å². The zero-order valence-corrected chi connectivity index (χ0v) is 8.71. The van der Waals surface area contributed by atoms with Gasteiger partial charge in [0.05, 0.1) is 0 Å². The summed E-state index contributed by atoms with van der Waals surface area (Å²) in [5.41, 5.74) is 1.18. The van der Waals surface area contributed by atoms with E-state index in [9.17, 15) is 0 Å². The Morgan fingerprint density at radius 2 is 1.45 bits per heavy atom. The molecule has 1 aliphatic heterocycles. The van der Waals surface area contributed by atoms with Crippen LogP contribution >= 0.6 is 0 Å². The first-order chi connectivity index (χ1) is 4.66. The third-order valence-electron chi connectivity index (χ3n) is 2.79. The van der Waals surface area contributed by atoms with E-state index in [-0.39, 0.29) is 0 Å². The van der Waals surface area contributed by atoms with Gasteiger partial charge in [-0.2, -0.15) is 0 Å². The van der Waals surface area contributed by atoms with E-state index in [1.807, 2.05) is 0 Å². The smallest absolute Gasteiger partial charge is 0.0340 e. The molecule has 0 aromatic carbocycles. The highest BCUT2D eigenvalue weighted by Crippen LogP contribution is 2.45. The predicted molar refractivity (Wildman–Crippen MR) is 49.7 cm³/mol. The summed E-state index contributed by atoms with van der Waals surface area (Å²) in [5.74, 6) is 0. The monoisotopic (exact) mass is 155 g/mol. The van der Waals surface area contributed by atoms with E-state index in [0.717, 1.165) is 0 Å². The molecular formula is C10H21N. The molecule has 11 heavy (non-hydrogen) atoms. The van der Waals surface area contributed by atoms with Gasteiger partial charge in [0.25, 0.3) is 0 Å². The third-order valence-corrected chi connectivity index (χ3v) is 2.79. The van der Waals surface area contributed by atoms with Gasteiger partial charge in [-0.3, -0.25) is 0 Å². The van der Waals surface area contributed by atoms with E-state index in [0.29, 0.717) is 16.5 Å². The molecular weight excluding hydrogens is 134 g/mol. The zero-order chi connectivity index (χ0) is 8.91. The van der Waals surface area contributed by atoms with Crippen LogP contribution in [0.3, 0.4) is 0 Å². The van der Waals surface area contributed by atoms with Gasteiger partial charge in [-0.25, -0.2) is 0 Å². The van der Waals surface area contributed by atoms with Gasteiger partial charge in [0.1, 0.15) is 0 Å². The van der Waals surface area contributed by atoms with Crippen molar-refractivity contribution in [3.8, 4) is 0 Å². The SMILES string of the molecule is CC(C)(C)CC1(C)NC1(C)C. The van der Waals surface area contributed by atoms with Crippen LogP contribution in [0.5, 0.6) is 0 Å². The lowest BCUT2D eigenvalue weighted by Crippen LogP contribution is -2.24. The van der Waals surface area contributed by atoms with Crippen LogP contribution in [0.2, 0.25) is 0 Å². The van der Waals surface area contributed by atoms with Crippen molar-refractivity contribution in [2.45, 2.75) is 59.0 Å². The van der Waals surface area contributed by atoms with Crippen LogP contribution in [0.25, 0.3) is 0 Å². The molecule has 66 valence electrons. The summed E-state index contributed by atoms with van der Waals surface area (Å²) in [5, 5.41) is 3.54. The molecule has 1 unspecified atom stereocenters. The average Bonchev–Trinajstić information content (AvgIpc) is 1.96. The maximum atomic E-state index is 3.54. The standard InChI is InChI=1S/C10H21N/c1-8(2,3)7-10(6)9(4,5)11-10/h11H,7H2,1-6H3. The highest BCUT2D eigenvalue weighted by Gasteiger charge is 2.57. The molecule has 1 saturated heterocycles. The predicted octanol–water partition coefficient (Wildman–Crippen LogP) is 2.56. The van der Waals surface area contributed by atoms with Gasteiger partial charge in [-0.15, -0.1) is 0 Å². The molecule has 0 spiro atoms. The van der Waals surface area contributed by atoms with Crippen LogP contribution in [-0.4, -0.2) is 11.1 Å².